The normalized spacial score (nSPS) is 12.5. The van der Waals surface area contributed by atoms with E-state index in [0.29, 0.717) is 22.1 Å². The number of amides is 1. The summed E-state index contributed by atoms with van der Waals surface area (Å²) in [5.41, 5.74) is 1.25. The lowest BCUT2D eigenvalue weighted by Crippen LogP contribution is -2.48. The maximum Gasteiger partial charge on any atom is 0.217 e. The number of halogens is 1. The first-order valence-corrected chi connectivity index (χ1v) is 10.8. The van der Waals surface area contributed by atoms with E-state index in [4.69, 9.17) is 21.1 Å². The number of carboxylic acids is 1. The smallest absolute Gasteiger partial charge is 0.217 e. The van der Waals surface area contributed by atoms with Crippen molar-refractivity contribution in [2.45, 2.75) is 24.6 Å². The molecule has 0 aromatic heterocycles. The average molecular weight is 465 g/mol. The SMILES string of the molecule is COc1ccc(C(=O)C[C@@H](SC[C@H](NC(C)=O)C(=O)[O-])c2ccc(Cl)cc2)cc1OC. The number of hydrogen-bond donors (Lipinski definition) is 1. The molecule has 1 N–H and O–H groups in total. The zero-order valence-electron chi connectivity index (χ0n) is 17.3. The first kappa shape index (κ1) is 24.6. The molecule has 2 aromatic rings. The van der Waals surface area contributed by atoms with Gasteiger partial charge in [-0.25, -0.2) is 0 Å². The van der Waals surface area contributed by atoms with Gasteiger partial charge in [0.25, 0.3) is 0 Å². The molecule has 0 radical (unpaired) electrons. The number of ketones is 1. The number of Topliss-reactive ketones (excluding diaryl/α,β-unsaturated/α-hetero) is 1. The maximum atomic E-state index is 13.0. The second-order valence-corrected chi connectivity index (χ2v) is 8.31. The van der Waals surface area contributed by atoms with E-state index in [9.17, 15) is 19.5 Å². The summed E-state index contributed by atoms with van der Waals surface area (Å²) in [7, 11) is 3.00. The van der Waals surface area contributed by atoms with E-state index in [2.05, 4.69) is 5.32 Å². The van der Waals surface area contributed by atoms with Crippen molar-refractivity contribution in [2.75, 3.05) is 20.0 Å². The summed E-state index contributed by atoms with van der Waals surface area (Å²) in [6.45, 7) is 1.23. The monoisotopic (exact) mass is 464 g/mol. The molecule has 0 unspecified atom stereocenters. The van der Waals surface area contributed by atoms with E-state index in [-0.39, 0.29) is 23.2 Å². The molecule has 2 rings (SSSR count). The van der Waals surface area contributed by atoms with Crippen LogP contribution in [0.15, 0.2) is 42.5 Å². The Morgan fingerprint density at radius 2 is 1.71 bits per heavy atom. The van der Waals surface area contributed by atoms with Crippen molar-refractivity contribution in [3.63, 3.8) is 0 Å². The van der Waals surface area contributed by atoms with Crippen molar-refractivity contribution in [3.8, 4) is 11.5 Å². The number of thioether (sulfide) groups is 1. The largest absolute Gasteiger partial charge is 0.548 e. The minimum atomic E-state index is -1.39. The molecule has 0 fully saturated rings. The summed E-state index contributed by atoms with van der Waals surface area (Å²) in [5, 5.41) is 13.9. The molecule has 166 valence electrons. The van der Waals surface area contributed by atoms with Crippen LogP contribution in [-0.4, -0.2) is 43.7 Å². The molecule has 2 aromatic carbocycles. The number of benzene rings is 2. The van der Waals surface area contributed by atoms with Gasteiger partial charge in [0, 0.05) is 34.9 Å². The number of carbonyl (C=O) groups excluding carboxylic acids is 3. The lowest BCUT2D eigenvalue weighted by molar-refractivity contribution is -0.307. The molecule has 0 aliphatic carbocycles. The van der Waals surface area contributed by atoms with Crippen LogP contribution in [0.25, 0.3) is 0 Å². The number of ether oxygens (including phenoxy) is 2. The highest BCUT2D eigenvalue weighted by molar-refractivity contribution is 7.99. The fourth-order valence-corrected chi connectivity index (χ4v) is 4.26. The van der Waals surface area contributed by atoms with Crippen LogP contribution in [0.5, 0.6) is 11.5 Å². The molecule has 9 heteroatoms. The summed E-state index contributed by atoms with van der Waals surface area (Å²) in [6, 6.07) is 10.7. The Morgan fingerprint density at radius 3 is 2.26 bits per heavy atom. The summed E-state index contributed by atoms with van der Waals surface area (Å²) in [6.07, 6.45) is 0.0988. The molecule has 7 nitrogen and oxygen atoms in total. The van der Waals surface area contributed by atoms with Gasteiger partial charge < -0.3 is 24.7 Å². The summed E-state index contributed by atoms with van der Waals surface area (Å²) in [4.78, 5) is 35.6. The molecule has 0 aliphatic heterocycles. The predicted octanol–water partition coefficient (Wildman–Crippen LogP) is 2.66. The van der Waals surface area contributed by atoms with Gasteiger partial charge in [0.2, 0.25) is 5.91 Å². The molecule has 0 heterocycles. The number of nitrogens with one attached hydrogen (secondary N) is 1. The van der Waals surface area contributed by atoms with E-state index < -0.39 is 17.9 Å². The Morgan fingerprint density at radius 1 is 1.06 bits per heavy atom. The summed E-state index contributed by atoms with van der Waals surface area (Å²) >= 11 is 7.22. The third kappa shape index (κ3) is 7.18. The molecule has 1 amide bonds. The van der Waals surface area contributed by atoms with Gasteiger partial charge in [-0.1, -0.05) is 23.7 Å². The first-order chi connectivity index (χ1) is 14.7. The topological polar surface area (TPSA) is 105 Å². The molecule has 31 heavy (non-hydrogen) atoms. The average Bonchev–Trinajstić information content (AvgIpc) is 2.75. The highest BCUT2D eigenvalue weighted by Crippen LogP contribution is 2.35. The summed E-state index contributed by atoms with van der Waals surface area (Å²) in [5.74, 6) is -1.03. The predicted molar refractivity (Wildman–Crippen MR) is 118 cm³/mol. The molecule has 0 saturated heterocycles. The molecule has 0 bridgehead atoms. The number of hydrogen-bond acceptors (Lipinski definition) is 7. The van der Waals surface area contributed by atoms with Crippen molar-refractivity contribution >= 4 is 41.0 Å². The van der Waals surface area contributed by atoms with Gasteiger partial charge >= 0.3 is 0 Å². The van der Waals surface area contributed by atoms with Crippen molar-refractivity contribution in [3.05, 3.63) is 58.6 Å². The van der Waals surface area contributed by atoms with Gasteiger partial charge in [0.1, 0.15) is 0 Å². The van der Waals surface area contributed by atoms with Gasteiger partial charge in [-0.3, -0.25) is 9.59 Å². The fourth-order valence-electron chi connectivity index (χ4n) is 2.87. The van der Waals surface area contributed by atoms with E-state index in [0.717, 1.165) is 5.56 Å². The van der Waals surface area contributed by atoms with Gasteiger partial charge in [0.05, 0.1) is 26.2 Å². The van der Waals surface area contributed by atoms with Gasteiger partial charge in [-0.2, -0.15) is 11.8 Å². The molecule has 0 spiro atoms. The fraction of sp³-hybridized carbons (Fsp3) is 0.318. The molecule has 0 aliphatic rings. The highest BCUT2D eigenvalue weighted by Gasteiger charge is 2.22. The molecular formula is C22H23ClNO6S-. The number of methoxy groups -OCH3 is 2. The van der Waals surface area contributed by atoms with E-state index >= 15 is 0 Å². The van der Waals surface area contributed by atoms with Crippen LogP contribution in [0.4, 0.5) is 0 Å². The van der Waals surface area contributed by atoms with Crippen molar-refractivity contribution in [1.29, 1.82) is 0 Å². The third-order valence-electron chi connectivity index (χ3n) is 4.44. The molecular weight excluding hydrogens is 442 g/mol. The van der Waals surface area contributed by atoms with Crippen LogP contribution in [0.3, 0.4) is 0 Å². The lowest BCUT2D eigenvalue weighted by Gasteiger charge is -2.22. The Balaban J connectivity index is 2.24. The zero-order valence-corrected chi connectivity index (χ0v) is 18.9. The van der Waals surface area contributed by atoms with Crippen LogP contribution >= 0.6 is 23.4 Å². The van der Waals surface area contributed by atoms with Crippen molar-refractivity contribution < 1.29 is 29.0 Å². The second-order valence-electron chi connectivity index (χ2n) is 6.64. The minimum Gasteiger partial charge on any atom is -0.548 e. The van der Waals surface area contributed by atoms with Crippen LogP contribution in [0.2, 0.25) is 5.02 Å². The number of rotatable bonds is 11. The summed E-state index contributed by atoms with van der Waals surface area (Å²) < 4.78 is 10.5. The Kier molecular flexibility index (Phi) is 9.21. The van der Waals surface area contributed by atoms with Crippen LogP contribution in [0, 0.1) is 0 Å². The van der Waals surface area contributed by atoms with Crippen molar-refractivity contribution in [2.24, 2.45) is 0 Å². The number of carboxylic acid groups (broad SMARTS) is 1. The third-order valence-corrected chi connectivity index (χ3v) is 6.06. The van der Waals surface area contributed by atoms with E-state index in [1.54, 1.807) is 42.5 Å². The van der Waals surface area contributed by atoms with E-state index in [1.807, 2.05) is 0 Å². The second kappa shape index (κ2) is 11.6. The Bertz CT molecular complexity index is 934. The highest BCUT2D eigenvalue weighted by atomic mass is 35.5. The lowest BCUT2D eigenvalue weighted by atomic mass is 10.0. The van der Waals surface area contributed by atoms with Gasteiger partial charge in [-0.05, 0) is 35.9 Å². The van der Waals surface area contributed by atoms with Crippen LogP contribution in [-0.2, 0) is 9.59 Å². The standard InChI is InChI=1S/C22H24ClNO6S/c1-13(25)24-17(22(27)28)12-31-21(14-4-7-16(23)8-5-14)11-18(26)15-6-9-19(29-2)20(10-15)30-3/h4-10,17,21H,11-12H2,1-3H3,(H,24,25)(H,27,28)/p-1/t17-,21+/m0/s1. The van der Waals surface area contributed by atoms with Crippen LogP contribution in [0.1, 0.15) is 34.5 Å². The van der Waals surface area contributed by atoms with Gasteiger partial charge in [-0.15, -0.1) is 0 Å². The van der Waals surface area contributed by atoms with Crippen LogP contribution < -0.4 is 19.9 Å². The van der Waals surface area contributed by atoms with Crippen molar-refractivity contribution in [1.82, 2.24) is 5.32 Å². The molecule has 2 atom stereocenters. The minimum absolute atomic E-state index is 0.0361. The maximum absolute atomic E-state index is 13.0. The molecule has 0 saturated carbocycles. The Labute approximate surface area is 190 Å². The first-order valence-electron chi connectivity index (χ1n) is 9.35. The number of aliphatic carboxylic acids is 1. The van der Waals surface area contributed by atoms with Gasteiger partial charge in [0.15, 0.2) is 17.3 Å². The zero-order chi connectivity index (χ0) is 23.0. The quantitative estimate of drug-likeness (QED) is 0.509. The van der Waals surface area contributed by atoms with E-state index in [1.165, 1.54) is 32.9 Å². The Hall–Kier alpha value is -2.71. The number of carbonyl (C=O) groups is 3.